The minimum Gasteiger partial charge on any atom is -0.395 e. The van der Waals surface area contributed by atoms with Gasteiger partial charge in [-0.05, 0) is 0 Å². The van der Waals surface area contributed by atoms with E-state index in [1.165, 1.54) is 6.20 Å². The zero-order valence-corrected chi connectivity index (χ0v) is 9.38. The first-order valence-corrected chi connectivity index (χ1v) is 5.05. The number of aliphatic hydroxyl groups excluding tert-OH is 1. The predicted octanol–water partition coefficient (Wildman–Crippen LogP) is -0.538. The minimum absolute atomic E-state index is 0.125. The maximum atomic E-state index is 12.3. The Bertz CT molecular complexity index is 404. The summed E-state index contributed by atoms with van der Waals surface area (Å²) in [5, 5.41) is 8.74. The van der Waals surface area contributed by atoms with Gasteiger partial charge in [0.2, 0.25) is 0 Å². The van der Waals surface area contributed by atoms with Gasteiger partial charge in [0, 0.05) is 6.54 Å². The number of nitrogen functional groups attached to an aromatic ring is 1. The number of aromatic nitrogens is 2. The highest BCUT2D eigenvalue weighted by atomic mass is 19.3. The number of alkyl halides is 2. The number of rotatable bonds is 6. The van der Waals surface area contributed by atoms with Crippen LogP contribution in [0.25, 0.3) is 0 Å². The van der Waals surface area contributed by atoms with E-state index in [1.807, 2.05) is 0 Å². The molecule has 0 fully saturated rings. The topological polar surface area (TPSA) is 104 Å². The summed E-state index contributed by atoms with van der Waals surface area (Å²) in [4.78, 5) is 20.1. The van der Waals surface area contributed by atoms with E-state index in [-0.39, 0.29) is 18.1 Å². The first-order valence-electron chi connectivity index (χ1n) is 5.05. The fourth-order valence-electron chi connectivity index (χ4n) is 1.26. The van der Waals surface area contributed by atoms with E-state index in [0.717, 1.165) is 11.1 Å². The van der Waals surface area contributed by atoms with Crippen molar-refractivity contribution in [3.63, 3.8) is 0 Å². The third kappa shape index (κ3) is 3.86. The van der Waals surface area contributed by atoms with Crippen molar-refractivity contribution in [1.82, 2.24) is 14.9 Å². The highest BCUT2D eigenvalue weighted by molar-refractivity contribution is 5.92. The van der Waals surface area contributed by atoms with E-state index in [1.54, 1.807) is 0 Å². The Kier molecular flexibility index (Phi) is 5.33. The highest BCUT2D eigenvalue weighted by Crippen LogP contribution is 2.06. The Morgan fingerprint density at radius 1 is 1.56 bits per heavy atom. The molecule has 1 aromatic heterocycles. The molecule has 1 heterocycles. The van der Waals surface area contributed by atoms with E-state index in [2.05, 4.69) is 15.4 Å². The molecule has 0 unspecified atom stereocenters. The maximum Gasteiger partial charge on any atom is 0.274 e. The van der Waals surface area contributed by atoms with E-state index >= 15 is 0 Å². The van der Waals surface area contributed by atoms with E-state index in [4.69, 9.17) is 10.9 Å². The van der Waals surface area contributed by atoms with Gasteiger partial charge in [0.05, 0.1) is 25.5 Å². The van der Waals surface area contributed by atoms with Crippen LogP contribution in [0.15, 0.2) is 12.4 Å². The summed E-state index contributed by atoms with van der Waals surface area (Å²) in [5.74, 6) is 4.50. The molecule has 0 bridgehead atoms. The van der Waals surface area contributed by atoms with Crippen molar-refractivity contribution in [3.05, 3.63) is 18.1 Å². The predicted molar refractivity (Wildman–Crippen MR) is 58.8 cm³/mol. The van der Waals surface area contributed by atoms with Crippen LogP contribution in [-0.4, -0.2) is 52.0 Å². The van der Waals surface area contributed by atoms with Gasteiger partial charge >= 0.3 is 0 Å². The Balaban J connectivity index is 2.86. The molecule has 0 aliphatic carbocycles. The van der Waals surface area contributed by atoms with Crippen LogP contribution in [0.2, 0.25) is 0 Å². The third-order valence-corrected chi connectivity index (χ3v) is 2.02. The van der Waals surface area contributed by atoms with Gasteiger partial charge < -0.3 is 15.4 Å². The average molecular weight is 261 g/mol. The van der Waals surface area contributed by atoms with Crippen LogP contribution in [0.4, 0.5) is 14.6 Å². The summed E-state index contributed by atoms with van der Waals surface area (Å²) in [5.41, 5.74) is 2.07. The fourth-order valence-corrected chi connectivity index (χ4v) is 1.26. The molecular formula is C9H13F2N5O2. The van der Waals surface area contributed by atoms with Crippen LogP contribution in [0.5, 0.6) is 0 Å². The maximum absolute atomic E-state index is 12.3. The van der Waals surface area contributed by atoms with Crippen molar-refractivity contribution in [3.8, 4) is 0 Å². The van der Waals surface area contributed by atoms with Gasteiger partial charge in [0.15, 0.2) is 5.82 Å². The molecule has 1 aromatic rings. The van der Waals surface area contributed by atoms with Gasteiger partial charge in [-0.1, -0.05) is 0 Å². The molecular weight excluding hydrogens is 248 g/mol. The number of aliphatic hydroxyl groups is 1. The molecule has 0 radical (unpaired) electrons. The number of anilines is 1. The standard InChI is InChI=1S/C9H13F2N5O2/c10-7(11)5-16(1-2-17)9(18)6-3-13-4-8(14-6)15-12/h3-4,7,17H,1-2,5,12H2,(H,14,15). The van der Waals surface area contributed by atoms with Crippen LogP contribution in [0.1, 0.15) is 10.5 Å². The van der Waals surface area contributed by atoms with Crippen LogP contribution >= 0.6 is 0 Å². The van der Waals surface area contributed by atoms with E-state index in [0.29, 0.717) is 0 Å². The molecule has 7 nitrogen and oxygen atoms in total. The van der Waals surface area contributed by atoms with Crippen molar-refractivity contribution in [2.75, 3.05) is 25.1 Å². The number of nitrogens with zero attached hydrogens (tertiary/aromatic N) is 3. The third-order valence-electron chi connectivity index (χ3n) is 2.02. The van der Waals surface area contributed by atoms with Crippen molar-refractivity contribution in [2.45, 2.75) is 6.43 Å². The number of nitrogens with two attached hydrogens (primary N) is 1. The lowest BCUT2D eigenvalue weighted by molar-refractivity contribution is 0.0504. The second kappa shape index (κ2) is 6.77. The Hall–Kier alpha value is -1.87. The molecule has 4 N–H and O–H groups in total. The molecule has 9 heteroatoms. The minimum atomic E-state index is -2.69. The molecule has 0 atom stereocenters. The normalized spacial score (nSPS) is 10.5. The zero-order chi connectivity index (χ0) is 13.5. The number of carbonyl (C=O) groups is 1. The molecule has 18 heavy (non-hydrogen) atoms. The quantitative estimate of drug-likeness (QED) is 0.469. The summed E-state index contributed by atoms with van der Waals surface area (Å²) in [7, 11) is 0. The van der Waals surface area contributed by atoms with Crippen molar-refractivity contribution in [1.29, 1.82) is 0 Å². The highest BCUT2D eigenvalue weighted by Gasteiger charge is 2.20. The number of halogens is 2. The fraction of sp³-hybridized carbons (Fsp3) is 0.444. The van der Waals surface area contributed by atoms with Gasteiger partial charge in [0.1, 0.15) is 5.69 Å². The summed E-state index contributed by atoms with van der Waals surface area (Å²) >= 11 is 0. The van der Waals surface area contributed by atoms with Gasteiger partial charge in [-0.2, -0.15) is 0 Å². The monoisotopic (exact) mass is 261 g/mol. The van der Waals surface area contributed by atoms with Crippen LogP contribution in [0.3, 0.4) is 0 Å². The molecule has 1 rings (SSSR count). The lowest BCUT2D eigenvalue weighted by Gasteiger charge is -2.20. The van der Waals surface area contributed by atoms with Gasteiger partial charge in [-0.3, -0.25) is 9.78 Å². The number of hydrazine groups is 1. The second-order valence-corrected chi connectivity index (χ2v) is 3.30. The molecule has 0 aliphatic heterocycles. The molecule has 100 valence electrons. The molecule has 0 aliphatic rings. The SMILES string of the molecule is NNc1cncc(C(=O)N(CCO)CC(F)F)n1. The smallest absolute Gasteiger partial charge is 0.274 e. The summed E-state index contributed by atoms with van der Waals surface area (Å²) in [6.07, 6.45) is -0.275. The van der Waals surface area contributed by atoms with Crippen molar-refractivity contribution < 1.29 is 18.7 Å². The van der Waals surface area contributed by atoms with Crippen LogP contribution in [0, 0.1) is 0 Å². The van der Waals surface area contributed by atoms with Gasteiger partial charge in [0.25, 0.3) is 12.3 Å². The largest absolute Gasteiger partial charge is 0.395 e. The molecule has 1 amide bonds. The summed E-state index contributed by atoms with van der Waals surface area (Å²) in [6.45, 7) is -1.40. The number of hydrogen-bond acceptors (Lipinski definition) is 6. The Morgan fingerprint density at radius 3 is 2.83 bits per heavy atom. The molecule has 0 saturated carbocycles. The average Bonchev–Trinajstić information content (AvgIpc) is 2.37. The number of carbonyl (C=O) groups excluding carboxylic acids is 1. The Morgan fingerprint density at radius 2 is 2.28 bits per heavy atom. The number of hydrogen-bond donors (Lipinski definition) is 3. The molecule has 0 spiro atoms. The van der Waals surface area contributed by atoms with E-state index in [9.17, 15) is 13.6 Å². The van der Waals surface area contributed by atoms with Crippen molar-refractivity contribution in [2.24, 2.45) is 5.84 Å². The first kappa shape index (κ1) is 14.2. The Labute approximate surface area is 102 Å². The zero-order valence-electron chi connectivity index (χ0n) is 9.38. The number of nitrogens with one attached hydrogen (secondary N) is 1. The first-order chi connectivity index (χ1) is 8.58. The van der Waals surface area contributed by atoms with Crippen LogP contribution in [-0.2, 0) is 0 Å². The number of amides is 1. The van der Waals surface area contributed by atoms with Crippen molar-refractivity contribution >= 4 is 11.7 Å². The van der Waals surface area contributed by atoms with Crippen LogP contribution < -0.4 is 11.3 Å². The summed E-state index contributed by atoms with van der Waals surface area (Å²) in [6, 6.07) is 0. The molecule has 0 saturated heterocycles. The van der Waals surface area contributed by atoms with Gasteiger partial charge in [-0.25, -0.2) is 19.6 Å². The lowest BCUT2D eigenvalue weighted by Crippen LogP contribution is -2.37. The van der Waals surface area contributed by atoms with Gasteiger partial charge in [-0.15, -0.1) is 0 Å². The lowest BCUT2D eigenvalue weighted by atomic mass is 10.3. The second-order valence-electron chi connectivity index (χ2n) is 3.30. The van der Waals surface area contributed by atoms with E-state index < -0.39 is 25.5 Å². The molecule has 0 aromatic carbocycles. The summed E-state index contributed by atoms with van der Waals surface area (Å²) < 4.78 is 24.6.